The maximum atomic E-state index is 12.5. The van der Waals surface area contributed by atoms with Gasteiger partial charge in [-0.2, -0.15) is 0 Å². The van der Waals surface area contributed by atoms with Crippen LogP contribution in [-0.4, -0.2) is 29.9 Å². The van der Waals surface area contributed by atoms with Gasteiger partial charge in [-0.25, -0.2) is 0 Å². The van der Waals surface area contributed by atoms with Crippen molar-refractivity contribution in [3.05, 3.63) is 81.7 Å². The number of anilines is 1. The zero-order valence-electron chi connectivity index (χ0n) is 15.9. The Morgan fingerprint density at radius 1 is 1.10 bits per heavy atom. The largest absolute Gasteiger partial charge is 0.482 e. The molecule has 1 aliphatic heterocycles. The number of amides is 2. The van der Waals surface area contributed by atoms with Gasteiger partial charge in [-0.05, 0) is 60.0 Å². The van der Waals surface area contributed by atoms with Crippen molar-refractivity contribution < 1.29 is 18.7 Å². The first kappa shape index (κ1) is 20.3. The van der Waals surface area contributed by atoms with E-state index >= 15 is 0 Å². The molecule has 0 spiro atoms. The monoisotopic (exact) mass is 444 g/mol. The van der Waals surface area contributed by atoms with E-state index in [1.54, 1.807) is 35.2 Å². The molecule has 4 rings (SSSR count). The summed E-state index contributed by atoms with van der Waals surface area (Å²) in [5, 5.41) is 3.64. The second-order valence-electron chi connectivity index (χ2n) is 6.85. The Morgan fingerprint density at radius 3 is 2.73 bits per heavy atom. The molecule has 2 amide bonds. The van der Waals surface area contributed by atoms with E-state index in [1.165, 1.54) is 6.26 Å². The number of carbonyl (C=O) groups is 2. The number of ether oxygens (including phenoxy) is 1. The van der Waals surface area contributed by atoms with Crippen LogP contribution in [0.1, 0.15) is 21.7 Å². The van der Waals surface area contributed by atoms with Crippen molar-refractivity contribution in [1.29, 1.82) is 0 Å². The summed E-state index contributed by atoms with van der Waals surface area (Å²) in [6.45, 7) is 0.880. The van der Waals surface area contributed by atoms with Gasteiger partial charge in [0.05, 0.1) is 11.3 Å². The van der Waals surface area contributed by atoms with Gasteiger partial charge in [-0.1, -0.05) is 29.3 Å². The van der Waals surface area contributed by atoms with Crippen LogP contribution in [0.5, 0.6) is 5.75 Å². The van der Waals surface area contributed by atoms with Crippen molar-refractivity contribution in [1.82, 2.24) is 4.90 Å². The normalized spacial score (nSPS) is 12.9. The van der Waals surface area contributed by atoms with E-state index in [0.717, 1.165) is 17.5 Å². The Bertz CT molecular complexity index is 1080. The van der Waals surface area contributed by atoms with Gasteiger partial charge in [0.15, 0.2) is 12.4 Å². The standard InChI is InChI=1S/C22H18Cl2N2O4/c23-16-4-6-19(18(24)11-16)30-13-21(27)25-17-5-3-14-7-8-26(12-15(14)10-17)22(28)20-2-1-9-29-20/h1-6,9-11H,7-8,12-13H2,(H,25,27). The van der Waals surface area contributed by atoms with E-state index < -0.39 is 0 Å². The molecule has 1 N–H and O–H groups in total. The number of benzene rings is 2. The average Bonchev–Trinajstić information content (AvgIpc) is 3.27. The summed E-state index contributed by atoms with van der Waals surface area (Å²) >= 11 is 11.9. The summed E-state index contributed by atoms with van der Waals surface area (Å²) < 4.78 is 10.7. The number of fused-ring (bicyclic) bond motifs is 1. The molecule has 0 unspecified atom stereocenters. The van der Waals surface area contributed by atoms with Crippen LogP contribution in [0, 0.1) is 0 Å². The lowest BCUT2D eigenvalue weighted by molar-refractivity contribution is -0.118. The highest BCUT2D eigenvalue weighted by Gasteiger charge is 2.23. The van der Waals surface area contributed by atoms with E-state index in [2.05, 4.69) is 5.32 Å². The van der Waals surface area contributed by atoms with Crippen molar-refractivity contribution >= 4 is 40.7 Å². The van der Waals surface area contributed by atoms with Gasteiger partial charge in [0.1, 0.15) is 5.75 Å². The molecular formula is C22H18Cl2N2O4. The van der Waals surface area contributed by atoms with Gasteiger partial charge in [-0.3, -0.25) is 9.59 Å². The van der Waals surface area contributed by atoms with Crippen LogP contribution in [0.15, 0.2) is 59.2 Å². The van der Waals surface area contributed by atoms with Gasteiger partial charge in [-0.15, -0.1) is 0 Å². The minimum atomic E-state index is -0.319. The summed E-state index contributed by atoms with van der Waals surface area (Å²) in [6.07, 6.45) is 2.23. The van der Waals surface area contributed by atoms with E-state index in [-0.39, 0.29) is 18.4 Å². The third-order valence-corrected chi connectivity index (χ3v) is 5.30. The van der Waals surface area contributed by atoms with Crippen LogP contribution in [0.25, 0.3) is 0 Å². The smallest absolute Gasteiger partial charge is 0.289 e. The summed E-state index contributed by atoms with van der Waals surface area (Å²) in [5.74, 6) is 0.239. The van der Waals surface area contributed by atoms with Gasteiger partial charge in [0.2, 0.25) is 0 Å². The maximum absolute atomic E-state index is 12.5. The molecular weight excluding hydrogens is 427 g/mol. The molecule has 1 aromatic heterocycles. The van der Waals surface area contributed by atoms with Crippen molar-refractivity contribution in [2.24, 2.45) is 0 Å². The lowest BCUT2D eigenvalue weighted by Crippen LogP contribution is -2.35. The maximum Gasteiger partial charge on any atom is 0.289 e. The average molecular weight is 445 g/mol. The molecule has 0 radical (unpaired) electrons. The molecule has 0 saturated heterocycles. The molecule has 0 bridgehead atoms. The number of halogens is 2. The minimum absolute atomic E-state index is 0.145. The highest BCUT2D eigenvalue weighted by molar-refractivity contribution is 6.35. The van der Waals surface area contributed by atoms with E-state index in [0.29, 0.717) is 40.3 Å². The number of carbonyl (C=O) groups excluding carboxylic acids is 2. The fraction of sp³-hybridized carbons (Fsp3) is 0.182. The van der Waals surface area contributed by atoms with Crippen LogP contribution in [0.3, 0.4) is 0 Å². The van der Waals surface area contributed by atoms with Crippen molar-refractivity contribution in [2.45, 2.75) is 13.0 Å². The molecule has 6 nitrogen and oxygen atoms in total. The van der Waals surface area contributed by atoms with Gasteiger partial charge in [0.25, 0.3) is 11.8 Å². The second-order valence-corrected chi connectivity index (χ2v) is 7.69. The molecule has 3 aromatic rings. The quantitative estimate of drug-likeness (QED) is 0.613. The van der Waals surface area contributed by atoms with Crippen LogP contribution in [0.4, 0.5) is 5.69 Å². The summed E-state index contributed by atoms with van der Waals surface area (Å²) in [4.78, 5) is 26.5. The predicted octanol–water partition coefficient (Wildman–Crippen LogP) is 4.80. The van der Waals surface area contributed by atoms with Crippen LogP contribution < -0.4 is 10.1 Å². The molecule has 0 atom stereocenters. The predicted molar refractivity (Wildman–Crippen MR) is 114 cm³/mol. The lowest BCUT2D eigenvalue weighted by atomic mass is 9.99. The van der Waals surface area contributed by atoms with Gasteiger partial charge in [0, 0.05) is 23.8 Å². The molecule has 1 aliphatic rings. The fourth-order valence-corrected chi connectivity index (χ4v) is 3.76. The topological polar surface area (TPSA) is 71.8 Å². The Hall–Kier alpha value is -2.96. The number of nitrogens with one attached hydrogen (secondary N) is 1. The number of hydrogen-bond acceptors (Lipinski definition) is 4. The molecule has 2 aromatic carbocycles. The van der Waals surface area contributed by atoms with Crippen LogP contribution in [-0.2, 0) is 17.8 Å². The highest BCUT2D eigenvalue weighted by Crippen LogP contribution is 2.28. The first-order valence-electron chi connectivity index (χ1n) is 9.32. The van der Waals surface area contributed by atoms with Crippen molar-refractivity contribution in [3.8, 4) is 5.75 Å². The first-order valence-corrected chi connectivity index (χ1v) is 10.1. The van der Waals surface area contributed by atoms with Gasteiger partial charge >= 0.3 is 0 Å². The molecule has 8 heteroatoms. The Balaban J connectivity index is 1.38. The van der Waals surface area contributed by atoms with Crippen molar-refractivity contribution in [3.63, 3.8) is 0 Å². The zero-order valence-corrected chi connectivity index (χ0v) is 17.4. The zero-order chi connectivity index (χ0) is 21.1. The van der Waals surface area contributed by atoms with E-state index in [4.69, 9.17) is 32.4 Å². The second kappa shape index (κ2) is 8.81. The molecule has 0 saturated carbocycles. The fourth-order valence-electron chi connectivity index (χ4n) is 3.30. The summed E-state index contributed by atoms with van der Waals surface area (Å²) in [6, 6.07) is 13.8. The third kappa shape index (κ3) is 4.61. The van der Waals surface area contributed by atoms with E-state index in [1.807, 2.05) is 18.2 Å². The van der Waals surface area contributed by atoms with Crippen molar-refractivity contribution in [2.75, 3.05) is 18.5 Å². The highest BCUT2D eigenvalue weighted by atomic mass is 35.5. The number of nitrogens with zero attached hydrogens (tertiary/aromatic N) is 1. The summed E-state index contributed by atoms with van der Waals surface area (Å²) in [7, 11) is 0. The SMILES string of the molecule is O=C(COc1ccc(Cl)cc1Cl)Nc1ccc2c(c1)CN(C(=O)c1ccco1)CC2. The molecule has 0 aliphatic carbocycles. The van der Waals surface area contributed by atoms with Crippen LogP contribution >= 0.6 is 23.2 Å². The lowest BCUT2D eigenvalue weighted by Gasteiger charge is -2.28. The molecule has 0 fully saturated rings. The van der Waals surface area contributed by atoms with Gasteiger partial charge < -0.3 is 19.4 Å². The number of rotatable bonds is 5. The first-order chi connectivity index (χ1) is 14.5. The Labute approximate surface area is 183 Å². The number of furan rings is 1. The Morgan fingerprint density at radius 2 is 1.97 bits per heavy atom. The third-order valence-electron chi connectivity index (χ3n) is 4.77. The van der Waals surface area contributed by atoms with E-state index in [9.17, 15) is 9.59 Å². The van der Waals surface area contributed by atoms with Crippen LogP contribution in [0.2, 0.25) is 10.0 Å². The molecule has 2 heterocycles. The number of hydrogen-bond donors (Lipinski definition) is 1. The Kier molecular flexibility index (Phi) is 5.97. The summed E-state index contributed by atoms with van der Waals surface area (Å²) in [5.41, 5.74) is 2.78. The minimum Gasteiger partial charge on any atom is -0.482 e. The molecule has 30 heavy (non-hydrogen) atoms. The molecule has 154 valence electrons.